The van der Waals surface area contributed by atoms with E-state index in [0.717, 1.165) is 0 Å². The molecule has 0 aromatic heterocycles. The fourth-order valence-electron chi connectivity index (χ4n) is 0.881. The van der Waals surface area contributed by atoms with Crippen LogP contribution in [0.4, 0.5) is 0 Å². The number of ether oxygens (including phenoxy) is 2. The topological polar surface area (TPSA) is 35.5 Å². The summed E-state index contributed by atoms with van der Waals surface area (Å²) >= 11 is 0. The van der Waals surface area contributed by atoms with Crippen LogP contribution < -0.4 is 0 Å². The minimum absolute atomic E-state index is 0.00535. The minimum Gasteiger partial charge on any atom is -0.435 e. The summed E-state index contributed by atoms with van der Waals surface area (Å²) in [7, 11) is 0. The van der Waals surface area contributed by atoms with Gasteiger partial charge in [-0.1, -0.05) is 18.2 Å². The summed E-state index contributed by atoms with van der Waals surface area (Å²) in [5, 5.41) is 0. The van der Waals surface area contributed by atoms with Crippen LogP contribution in [0.25, 0.3) is 0 Å². The van der Waals surface area contributed by atoms with Gasteiger partial charge >= 0.3 is 5.97 Å². The monoisotopic (exact) mass is 194 g/mol. The fraction of sp³-hybridized carbons (Fsp3) is 0.364. The highest BCUT2D eigenvalue weighted by Crippen LogP contribution is 2.01. The van der Waals surface area contributed by atoms with Gasteiger partial charge in [-0.25, -0.2) is 4.79 Å². The lowest BCUT2D eigenvalue weighted by Crippen LogP contribution is -2.12. The van der Waals surface area contributed by atoms with Crippen molar-refractivity contribution in [1.82, 2.24) is 0 Å². The second kappa shape index (κ2) is 5.40. The summed E-state index contributed by atoms with van der Waals surface area (Å²) in [6, 6.07) is 8.84. The predicted octanol–water partition coefficient (Wildman–Crippen LogP) is 2.23. The van der Waals surface area contributed by atoms with Crippen LogP contribution >= 0.6 is 0 Å². The average molecular weight is 194 g/mol. The molecule has 0 radical (unpaired) electrons. The molecule has 0 aliphatic rings. The van der Waals surface area contributed by atoms with E-state index in [0.29, 0.717) is 5.56 Å². The normalized spacial score (nSPS) is 10.2. The maximum atomic E-state index is 11.3. The first-order valence-electron chi connectivity index (χ1n) is 4.54. The molecule has 1 rings (SSSR count). The third-order valence-corrected chi connectivity index (χ3v) is 1.60. The molecule has 0 bridgehead atoms. The van der Waals surface area contributed by atoms with Crippen molar-refractivity contribution in [3.8, 4) is 0 Å². The number of rotatable bonds is 4. The molecule has 3 nitrogen and oxygen atoms in total. The molecule has 0 aliphatic carbocycles. The quantitative estimate of drug-likeness (QED) is 0.544. The van der Waals surface area contributed by atoms with Gasteiger partial charge in [-0.15, -0.1) is 0 Å². The third kappa shape index (κ3) is 3.58. The van der Waals surface area contributed by atoms with Crippen LogP contribution in [-0.2, 0) is 9.47 Å². The molecule has 0 amide bonds. The molecular formula is C11H14O3. The van der Waals surface area contributed by atoms with Gasteiger partial charge < -0.3 is 9.47 Å². The van der Waals surface area contributed by atoms with Gasteiger partial charge in [-0.2, -0.15) is 0 Å². The molecule has 0 unspecified atom stereocenters. The summed E-state index contributed by atoms with van der Waals surface area (Å²) < 4.78 is 9.97. The number of carbonyl (C=O) groups is 1. The molecule has 0 atom stereocenters. The van der Waals surface area contributed by atoms with Crippen LogP contribution in [0, 0.1) is 0 Å². The highest BCUT2D eigenvalue weighted by atomic mass is 16.7. The Kier molecular flexibility index (Phi) is 4.13. The van der Waals surface area contributed by atoms with E-state index in [-0.39, 0.29) is 18.9 Å². The first kappa shape index (κ1) is 10.7. The summed E-state index contributed by atoms with van der Waals surface area (Å²) in [4.78, 5) is 11.3. The first-order chi connectivity index (χ1) is 6.70. The molecule has 3 heteroatoms. The van der Waals surface area contributed by atoms with Crippen LogP contribution in [-0.4, -0.2) is 18.9 Å². The van der Waals surface area contributed by atoms with E-state index >= 15 is 0 Å². The maximum Gasteiger partial charge on any atom is 0.340 e. The lowest BCUT2D eigenvalue weighted by atomic mass is 10.2. The largest absolute Gasteiger partial charge is 0.435 e. The van der Waals surface area contributed by atoms with Gasteiger partial charge in [0.15, 0.2) is 6.79 Å². The van der Waals surface area contributed by atoms with Crippen molar-refractivity contribution in [1.29, 1.82) is 0 Å². The Morgan fingerprint density at radius 1 is 1.29 bits per heavy atom. The first-order valence-corrected chi connectivity index (χ1v) is 4.54. The van der Waals surface area contributed by atoms with Gasteiger partial charge in [0.2, 0.25) is 0 Å². The van der Waals surface area contributed by atoms with E-state index in [1.54, 1.807) is 24.3 Å². The van der Waals surface area contributed by atoms with Crippen molar-refractivity contribution in [2.45, 2.75) is 20.0 Å². The van der Waals surface area contributed by atoms with Gasteiger partial charge in [0.05, 0.1) is 11.7 Å². The standard InChI is InChI=1S/C11H14O3/c1-9(2)13-8-14-11(12)10-6-4-3-5-7-10/h3-7,9H,8H2,1-2H3. The molecular weight excluding hydrogens is 180 g/mol. The average Bonchev–Trinajstić information content (AvgIpc) is 2.18. The van der Waals surface area contributed by atoms with E-state index in [1.165, 1.54) is 0 Å². The molecule has 1 aromatic rings. The number of esters is 1. The zero-order valence-electron chi connectivity index (χ0n) is 8.40. The molecule has 0 spiro atoms. The van der Waals surface area contributed by atoms with Crippen molar-refractivity contribution >= 4 is 5.97 Å². The van der Waals surface area contributed by atoms with E-state index < -0.39 is 0 Å². The smallest absolute Gasteiger partial charge is 0.340 e. The second-order valence-corrected chi connectivity index (χ2v) is 3.13. The molecule has 0 saturated carbocycles. The van der Waals surface area contributed by atoms with Crippen molar-refractivity contribution in [2.75, 3.05) is 6.79 Å². The molecule has 0 heterocycles. The SMILES string of the molecule is CC(C)OCOC(=O)c1ccccc1. The zero-order chi connectivity index (χ0) is 10.4. The van der Waals surface area contributed by atoms with Gasteiger partial charge in [-0.3, -0.25) is 0 Å². The van der Waals surface area contributed by atoms with Gasteiger partial charge in [0.25, 0.3) is 0 Å². The van der Waals surface area contributed by atoms with Crippen molar-refractivity contribution in [3.63, 3.8) is 0 Å². The number of benzene rings is 1. The highest BCUT2D eigenvalue weighted by Gasteiger charge is 2.05. The zero-order valence-corrected chi connectivity index (χ0v) is 8.40. The van der Waals surface area contributed by atoms with Crippen molar-refractivity contribution in [2.24, 2.45) is 0 Å². The van der Waals surface area contributed by atoms with E-state index in [9.17, 15) is 4.79 Å². The lowest BCUT2D eigenvalue weighted by molar-refractivity contribution is -0.0541. The Bertz CT molecular complexity index is 280. The summed E-state index contributed by atoms with van der Waals surface area (Å²) in [5.41, 5.74) is 0.542. The van der Waals surface area contributed by atoms with Crippen molar-refractivity contribution < 1.29 is 14.3 Å². The van der Waals surface area contributed by atoms with Crippen molar-refractivity contribution in [3.05, 3.63) is 35.9 Å². The number of carbonyl (C=O) groups excluding carboxylic acids is 1. The molecule has 0 saturated heterocycles. The van der Waals surface area contributed by atoms with Gasteiger partial charge in [0.1, 0.15) is 0 Å². The van der Waals surface area contributed by atoms with Crippen LogP contribution in [0.15, 0.2) is 30.3 Å². The Morgan fingerprint density at radius 3 is 2.50 bits per heavy atom. The van der Waals surface area contributed by atoms with Crippen LogP contribution in [0.2, 0.25) is 0 Å². The van der Waals surface area contributed by atoms with Crippen LogP contribution in [0.1, 0.15) is 24.2 Å². The highest BCUT2D eigenvalue weighted by molar-refractivity contribution is 5.89. The van der Waals surface area contributed by atoms with E-state index in [2.05, 4.69) is 0 Å². The number of hydrogen-bond acceptors (Lipinski definition) is 3. The summed E-state index contributed by atoms with van der Waals surface area (Å²) in [6.07, 6.45) is 0.0681. The fourth-order valence-corrected chi connectivity index (χ4v) is 0.881. The van der Waals surface area contributed by atoms with E-state index in [1.807, 2.05) is 19.9 Å². The Balaban J connectivity index is 2.36. The Labute approximate surface area is 83.6 Å². The second-order valence-electron chi connectivity index (χ2n) is 3.13. The van der Waals surface area contributed by atoms with Gasteiger partial charge in [0, 0.05) is 0 Å². The maximum absolute atomic E-state index is 11.3. The molecule has 0 aliphatic heterocycles. The molecule has 1 aromatic carbocycles. The summed E-state index contributed by atoms with van der Waals surface area (Å²) in [6.45, 7) is 3.78. The Hall–Kier alpha value is -1.35. The van der Waals surface area contributed by atoms with Crippen LogP contribution in [0.3, 0.4) is 0 Å². The molecule has 0 fully saturated rings. The predicted molar refractivity (Wildman–Crippen MR) is 52.9 cm³/mol. The Morgan fingerprint density at radius 2 is 1.93 bits per heavy atom. The number of hydrogen-bond donors (Lipinski definition) is 0. The third-order valence-electron chi connectivity index (χ3n) is 1.60. The molecule has 14 heavy (non-hydrogen) atoms. The lowest BCUT2D eigenvalue weighted by Gasteiger charge is -2.07. The van der Waals surface area contributed by atoms with Gasteiger partial charge in [-0.05, 0) is 26.0 Å². The minimum atomic E-state index is -0.355. The molecule has 0 N–H and O–H groups in total. The molecule has 76 valence electrons. The van der Waals surface area contributed by atoms with Crippen LogP contribution in [0.5, 0.6) is 0 Å². The van der Waals surface area contributed by atoms with E-state index in [4.69, 9.17) is 9.47 Å². The summed E-state index contributed by atoms with van der Waals surface area (Å²) in [5.74, 6) is -0.355.